The molecular weight excluding hydrogens is 238 g/mol. The zero-order valence-corrected chi connectivity index (χ0v) is 11.6. The van der Waals surface area contributed by atoms with Gasteiger partial charge in [-0.15, -0.1) is 0 Å². The van der Waals surface area contributed by atoms with Gasteiger partial charge in [0.05, 0.1) is 12.2 Å². The Balaban J connectivity index is 1.79. The Morgan fingerprint density at radius 3 is 3.21 bits per heavy atom. The van der Waals surface area contributed by atoms with Crippen molar-refractivity contribution in [3.05, 3.63) is 29.6 Å². The van der Waals surface area contributed by atoms with Crippen LogP contribution in [0, 0.1) is 5.92 Å². The highest BCUT2D eigenvalue weighted by atomic mass is 16.1. The number of hydrogen-bond acceptors (Lipinski definition) is 3. The van der Waals surface area contributed by atoms with Crippen LogP contribution in [0.25, 0.3) is 0 Å². The molecule has 1 aliphatic heterocycles. The van der Waals surface area contributed by atoms with Gasteiger partial charge in [0, 0.05) is 12.6 Å². The minimum absolute atomic E-state index is 0.140. The van der Waals surface area contributed by atoms with E-state index in [4.69, 9.17) is 0 Å². The molecule has 1 unspecified atom stereocenters. The van der Waals surface area contributed by atoms with Crippen molar-refractivity contribution in [3.8, 4) is 0 Å². The molecule has 0 spiro atoms. The molecule has 0 aromatic carbocycles. The maximum Gasteiger partial charge on any atom is 0.220 e. The standard InChI is InChI=1S/C15H23N3O/c1-2-13-6-4-8-17-14(13)11-18-15(19)9-12-5-3-7-16-10-12/h4,6,8,12,16H,2-3,5,7,9-11H2,1H3,(H,18,19). The van der Waals surface area contributed by atoms with Crippen molar-refractivity contribution in [3.63, 3.8) is 0 Å². The Bertz CT molecular complexity index is 414. The molecule has 0 bridgehead atoms. The van der Waals surface area contributed by atoms with Gasteiger partial charge in [-0.3, -0.25) is 9.78 Å². The van der Waals surface area contributed by atoms with E-state index in [1.807, 2.05) is 6.07 Å². The molecule has 104 valence electrons. The van der Waals surface area contributed by atoms with E-state index < -0.39 is 0 Å². The number of piperidine rings is 1. The van der Waals surface area contributed by atoms with Crippen molar-refractivity contribution < 1.29 is 4.79 Å². The zero-order chi connectivity index (χ0) is 13.5. The summed E-state index contributed by atoms with van der Waals surface area (Å²) in [5.41, 5.74) is 2.20. The maximum absolute atomic E-state index is 11.9. The Morgan fingerprint density at radius 1 is 1.58 bits per heavy atom. The quantitative estimate of drug-likeness (QED) is 0.847. The molecule has 1 aromatic heterocycles. The van der Waals surface area contributed by atoms with Crippen LogP contribution in [0.15, 0.2) is 18.3 Å². The second kappa shape index (κ2) is 7.24. The van der Waals surface area contributed by atoms with Crippen LogP contribution >= 0.6 is 0 Å². The molecule has 1 fully saturated rings. The summed E-state index contributed by atoms with van der Waals surface area (Å²) in [6, 6.07) is 4.01. The minimum atomic E-state index is 0.140. The Kier molecular flexibility index (Phi) is 5.33. The number of aromatic nitrogens is 1. The van der Waals surface area contributed by atoms with Crippen LogP contribution in [0.5, 0.6) is 0 Å². The van der Waals surface area contributed by atoms with Crippen LogP contribution in [0.1, 0.15) is 37.4 Å². The number of carbonyl (C=O) groups is 1. The van der Waals surface area contributed by atoms with Gasteiger partial charge in [0.25, 0.3) is 0 Å². The van der Waals surface area contributed by atoms with Crippen LogP contribution in [0.2, 0.25) is 0 Å². The molecule has 1 aromatic rings. The smallest absolute Gasteiger partial charge is 0.220 e. The van der Waals surface area contributed by atoms with Gasteiger partial charge < -0.3 is 10.6 Å². The predicted molar refractivity (Wildman–Crippen MR) is 75.7 cm³/mol. The average Bonchev–Trinajstić information content (AvgIpc) is 2.46. The lowest BCUT2D eigenvalue weighted by atomic mass is 9.96. The molecule has 1 amide bonds. The van der Waals surface area contributed by atoms with Crippen molar-refractivity contribution in [1.29, 1.82) is 0 Å². The lowest BCUT2D eigenvalue weighted by Gasteiger charge is -2.22. The highest BCUT2D eigenvalue weighted by molar-refractivity contribution is 5.76. The Labute approximate surface area is 115 Å². The minimum Gasteiger partial charge on any atom is -0.350 e. The van der Waals surface area contributed by atoms with E-state index in [0.717, 1.165) is 31.6 Å². The van der Waals surface area contributed by atoms with Gasteiger partial charge in [0.15, 0.2) is 0 Å². The number of pyridine rings is 1. The first-order valence-corrected chi connectivity index (χ1v) is 7.19. The second-order valence-corrected chi connectivity index (χ2v) is 5.16. The van der Waals surface area contributed by atoms with E-state index >= 15 is 0 Å². The molecule has 4 nitrogen and oxygen atoms in total. The fraction of sp³-hybridized carbons (Fsp3) is 0.600. The van der Waals surface area contributed by atoms with Gasteiger partial charge in [0.2, 0.25) is 5.91 Å². The van der Waals surface area contributed by atoms with E-state index in [-0.39, 0.29) is 5.91 Å². The van der Waals surface area contributed by atoms with Gasteiger partial charge in [-0.05, 0) is 49.9 Å². The van der Waals surface area contributed by atoms with Gasteiger partial charge in [-0.25, -0.2) is 0 Å². The fourth-order valence-corrected chi connectivity index (χ4v) is 2.57. The maximum atomic E-state index is 11.9. The van der Waals surface area contributed by atoms with Crippen LogP contribution in [-0.2, 0) is 17.8 Å². The third-order valence-corrected chi connectivity index (χ3v) is 3.69. The van der Waals surface area contributed by atoms with Gasteiger partial charge in [-0.2, -0.15) is 0 Å². The fourth-order valence-electron chi connectivity index (χ4n) is 2.57. The predicted octanol–water partition coefficient (Wildman–Crippen LogP) is 1.65. The molecule has 19 heavy (non-hydrogen) atoms. The van der Waals surface area contributed by atoms with Gasteiger partial charge in [0.1, 0.15) is 0 Å². The molecule has 4 heteroatoms. The third-order valence-electron chi connectivity index (χ3n) is 3.69. The molecule has 0 saturated carbocycles. The Morgan fingerprint density at radius 2 is 2.47 bits per heavy atom. The highest BCUT2D eigenvalue weighted by Crippen LogP contribution is 2.14. The molecule has 2 N–H and O–H groups in total. The van der Waals surface area contributed by atoms with Crippen LogP contribution in [-0.4, -0.2) is 24.0 Å². The molecular formula is C15H23N3O. The summed E-state index contributed by atoms with van der Waals surface area (Å²) in [5.74, 6) is 0.629. The van der Waals surface area contributed by atoms with Crippen molar-refractivity contribution >= 4 is 5.91 Å². The molecule has 2 heterocycles. The number of rotatable bonds is 5. The highest BCUT2D eigenvalue weighted by Gasteiger charge is 2.16. The van der Waals surface area contributed by atoms with E-state index in [1.165, 1.54) is 12.0 Å². The van der Waals surface area contributed by atoms with Crippen molar-refractivity contribution in [1.82, 2.24) is 15.6 Å². The molecule has 0 aliphatic carbocycles. The topological polar surface area (TPSA) is 54.0 Å². The van der Waals surface area contributed by atoms with Crippen molar-refractivity contribution in [2.75, 3.05) is 13.1 Å². The summed E-state index contributed by atoms with van der Waals surface area (Å²) in [6.45, 7) is 4.71. The van der Waals surface area contributed by atoms with E-state index in [9.17, 15) is 4.79 Å². The number of aryl methyl sites for hydroxylation is 1. The first-order valence-electron chi connectivity index (χ1n) is 7.19. The summed E-state index contributed by atoms with van der Waals surface area (Å²) < 4.78 is 0. The monoisotopic (exact) mass is 261 g/mol. The summed E-state index contributed by atoms with van der Waals surface area (Å²) in [4.78, 5) is 16.3. The van der Waals surface area contributed by atoms with Gasteiger partial charge >= 0.3 is 0 Å². The SMILES string of the molecule is CCc1cccnc1CNC(=O)CC1CCCNC1. The third kappa shape index (κ3) is 4.31. The molecule has 0 radical (unpaired) electrons. The zero-order valence-electron chi connectivity index (χ0n) is 11.6. The lowest BCUT2D eigenvalue weighted by Crippen LogP contribution is -2.34. The first kappa shape index (κ1) is 14.0. The number of hydrogen-bond donors (Lipinski definition) is 2. The summed E-state index contributed by atoms with van der Waals surface area (Å²) >= 11 is 0. The first-order chi connectivity index (χ1) is 9.29. The summed E-state index contributed by atoms with van der Waals surface area (Å²) in [5, 5.41) is 6.33. The van der Waals surface area contributed by atoms with Crippen LogP contribution < -0.4 is 10.6 Å². The number of nitrogens with one attached hydrogen (secondary N) is 2. The molecule has 1 atom stereocenters. The normalized spacial score (nSPS) is 19.1. The largest absolute Gasteiger partial charge is 0.350 e. The lowest BCUT2D eigenvalue weighted by molar-refractivity contribution is -0.122. The van der Waals surface area contributed by atoms with E-state index in [2.05, 4.69) is 28.6 Å². The summed E-state index contributed by atoms with van der Waals surface area (Å²) in [6.07, 6.45) is 5.70. The van der Waals surface area contributed by atoms with Crippen molar-refractivity contribution in [2.45, 2.75) is 39.2 Å². The number of nitrogens with zero attached hydrogens (tertiary/aromatic N) is 1. The second-order valence-electron chi connectivity index (χ2n) is 5.16. The van der Waals surface area contributed by atoms with E-state index in [0.29, 0.717) is 18.9 Å². The van der Waals surface area contributed by atoms with Gasteiger partial charge in [-0.1, -0.05) is 13.0 Å². The van der Waals surface area contributed by atoms with Crippen LogP contribution in [0.3, 0.4) is 0 Å². The Hall–Kier alpha value is -1.42. The van der Waals surface area contributed by atoms with E-state index in [1.54, 1.807) is 6.20 Å². The summed E-state index contributed by atoms with van der Waals surface area (Å²) in [7, 11) is 0. The molecule has 1 saturated heterocycles. The van der Waals surface area contributed by atoms with Crippen molar-refractivity contribution in [2.24, 2.45) is 5.92 Å². The number of amides is 1. The molecule has 2 rings (SSSR count). The molecule has 1 aliphatic rings. The average molecular weight is 261 g/mol. The van der Waals surface area contributed by atoms with Crippen LogP contribution in [0.4, 0.5) is 0 Å². The number of carbonyl (C=O) groups excluding carboxylic acids is 1.